The highest BCUT2D eigenvalue weighted by Crippen LogP contribution is 2.67. The lowest BCUT2D eigenvalue weighted by atomic mass is 9.47. The summed E-state index contributed by atoms with van der Waals surface area (Å²) in [5.41, 5.74) is 2.28. The Morgan fingerprint density at radius 1 is 1.02 bits per heavy atom. The lowest BCUT2D eigenvalue weighted by molar-refractivity contribution is -0.295. The third kappa shape index (κ3) is 5.65. The number of fused-ring (bicyclic) bond motifs is 5. The molecule has 0 aromatic rings. The fourth-order valence-corrected chi connectivity index (χ4v) is 10.5. The van der Waals surface area contributed by atoms with Gasteiger partial charge in [0.2, 0.25) is 0 Å². The summed E-state index contributed by atoms with van der Waals surface area (Å²) >= 11 is 0. The fourth-order valence-electron chi connectivity index (χ4n) is 10.5. The van der Waals surface area contributed by atoms with Gasteiger partial charge in [-0.3, -0.25) is 0 Å². The molecule has 5 heteroatoms. The highest BCUT2D eigenvalue weighted by Gasteiger charge is 2.59. The highest BCUT2D eigenvalue weighted by atomic mass is 16.7. The van der Waals surface area contributed by atoms with Gasteiger partial charge in [0.25, 0.3) is 0 Å². The lowest BCUT2D eigenvalue weighted by Crippen LogP contribution is -2.56. The zero-order chi connectivity index (χ0) is 29.7. The van der Waals surface area contributed by atoms with E-state index in [1.165, 1.54) is 38.5 Å². The summed E-state index contributed by atoms with van der Waals surface area (Å²) in [7, 11) is 0. The maximum Gasteiger partial charge on any atom is 0.163 e. The normalized spacial score (nSPS) is 47.9. The topological polar surface area (TPSA) is 79.2 Å². The third-order valence-corrected chi connectivity index (χ3v) is 13.3. The van der Waals surface area contributed by atoms with E-state index in [0.717, 1.165) is 42.9 Å². The van der Waals surface area contributed by atoms with E-state index >= 15 is 0 Å². The van der Waals surface area contributed by atoms with Crippen LogP contribution in [-0.4, -0.2) is 52.6 Å². The van der Waals surface area contributed by atoms with Crippen molar-refractivity contribution in [2.24, 2.45) is 58.2 Å². The molecule has 234 valence electrons. The van der Waals surface area contributed by atoms with Crippen molar-refractivity contribution < 1.29 is 24.8 Å². The minimum Gasteiger partial charge on any atom is -0.394 e. The first kappa shape index (κ1) is 31.7. The molecule has 5 nitrogen and oxygen atoms in total. The van der Waals surface area contributed by atoms with Crippen molar-refractivity contribution >= 4 is 0 Å². The molecule has 3 N–H and O–H groups in total. The summed E-state index contributed by atoms with van der Waals surface area (Å²) in [6.07, 6.45) is 15.3. The molecule has 1 heterocycles. The van der Waals surface area contributed by atoms with Crippen LogP contribution in [0.4, 0.5) is 0 Å². The van der Waals surface area contributed by atoms with E-state index in [2.05, 4.69) is 59.8 Å². The van der Waals surface area contributed by atoms with E-state index < -0.39 is 24.6 Å². The quantitative estimate of drug-likeness (QED) is 0.276. The molecular formula is C36H60O5. The number of hydrogen-bond acceptors (Lipinski definition) is 5. The van der Waals surface area contributed by atoms with Crippen molar-refractivity contribution in [3.8, 4) is 0 Å². The van der Waals surface area contributed by atoms with Gasteiger partial charge in [0.1, 0.15) is 12.2 Å². The Balaban J connectivity index is 1.26. The third-order valence-electron chi connectivity index (χ3n) is 13.3. The summed E-state index contributed by atoms with van der Waals surface area (Å²) in [6.45, 7) is 16.3. The molecule has 5 rings (SSSR count). The first-order valence-corrected chi connectivity index (χ1v) is 17.1. The number of hydrogen-bond donors (Lipinski definition) is 3. The Hall–Kier alpha value is -0.720. The smallest absolute Gasteiger partial charge is 0.163 e. The Morgan fingerprint density at radius 2 is 1.78 bits per heavy atom. The van der Waals surface area contributed by atoms with E-state index in [9.17, 15) is 15.3 Å². The van der Waals surface area contributed by atoms with Gasteiger partial charge in [-0.25, -0.2) is 0 Å². The van der Waals surface area contributed by atoms with Crippen molar-refractivity contribution in [2.45, 2.75) is 137 Å². The molecule has 14 atom stereocenters. The van der Waals surface area contributed by atoms with E-state index in [-0.39, 0.29) is 24.0 Å². The van der Waals surface area contributed by atoms with Crippen LogP contribution >= 0.6 is 0 Å². The van der Waals surface area contributed by atoms with Crippen molar-refractivity contribution in [1.82, 2.24) is 0 Å². The van der Waals surface area contributed by atoms with Gasteiger partial charge in [0.05, 0.1) is 18.8 Å². The molecule has 0 spiro atoms. The second-order valence-electron chi connectivity index (χ2n) is 15.6. The van der Waals surface area contributed by atoms with Crippen molar-refractivity contribution in [2.75, 3.05) is 6.61 Å². The Kier molecular flexibility index (Phi) is 9.54. The summed E-state index contributed by atoms with van der Waals surface area (Å²) < 4.78 is 12.4. The van der Waals surface area contributed by atoms with Gasteiger partial charge in [0.15, 0.2) is 6.29 Å². The minimum absolute atomic E-state index is 0.0512. The lowest BCUT2D eigenvalue weighted by Gasteiger charge is -2.58. The van der Waals surface area contributed by atoms with Crippen LogP contribution < -0.4 is 0 Å². The Labute approximate surface area is 250 Å². The molecule has 0 radical (unpaired) electrons. The first-order valence-electron chi connectivity index (χ1n) is 17.1. The number of aliphatic hydroxyl groups excluding tert-OH is 3. The zero-order valence-electron chi connectivity index (χ0n) is 27.0. The monoisotopic (exact) mass is 572 g/mol. The average Bonchev–Trinajstić information content (AvgIpc) is 3.30. The summed E-state index contributed by atoms with van der Waals surface area (Å²) in [6, 6.07) is 0. The predicted molar refractivity (Wildman–Crippen MR) is 164 cm³/mol. The molecule has 0 unspecified atom stereocenters. The van der Waals surface area contributed by atoms with Gasteiger partial charge in [-0.1, -0.05) is 72.3 Å². The van der Waals surface area contributed by atoms with Crippen molar-refractivity contribution in [1.29, 1.82) is 0 Å². The molecule has 41 heavy (non-hydrogen) atoms. The molecule has 0 aromatic heterocycles. The molecule has 4 fully saturated rings. The zero-order valence-corrected chi connectivity index (χ0v) is 27.0. The fraction of sp³-hybridized carbons (Fsp3) is 0.889. The number of aliphatic hydroxyl groups is 3. The average molecular weight is 573 g/mol. The number of allylic oxidation sites excluding steroid dienone is 3. The predicted octanol–water partition coefficient (Wildman–Crippen LogP) is 6.90. The SMILES string of the molecule is CC[C@H](C=C[C@@H](C)[C@H]1CC[C@H]2[C@@H]3CC=C4C[C@@H](O[C@@H]5O[C@H](CO)[C@@H](O)[C@H](O)[C@H]5C)CC[C@]4(C)[C@H]3CC[C@]12C)C(C)C. The standard InChI is InChI=1S/C36H60O5/c1-8-24(21(2)3)10-9-22(4)28-13-14-29-27-12-11-25-19-26(15-17-35(25,6)30(27)16-18-36(28,29)7)40-34-23(5)32(38)33(39)31(20-37)41-34/h9-11,21-24,26-34,37-39H,8,12-20H2,1-7H3/t22-,23-,24-,26+,27+,28-,29+,30+,31-,32-,33-,34-,35+,36-/m1/s1. The van der Waals surface area contributed by atoms with Crippen LogP contribution in [0, 0.1) is 58.2 Å². The van der Waals surface area contributed by atoms with Crippen LogP contribution in [0.2, 0.25) is 0 Å². The molecule has 1 aliphatic heterocycles. The summed E-state index contributed by atoms with van der Waals surface area (Å²) in [4.78, 5) is 0. The largest absolute Gasteiger partial charge is 0.394 e. The van der Waals surface area contributed by atoms with Crippen LogP contribution in [0.25, 0.3) is 0 Å². The van der Waals surface area contributed by atoms with Crippen LogP contribution in [0.5, 0.6) is 0 Å². The van der Waals surface area contributed by atoms with Crippen LogP contribution in [0.3, 0.4) is 0 Å². The molecule has 4 aliphatic carbocycles. The van der Waals surface area contributed by atoms with E-state index in [1.54, 1.807) is 5.57 Å². The van der Waals surface area contributed by atoms with Gasteiger partial charge in [-0.2, -0.15) is 0 Å². The molecule has 0 amide bonds. The van der Waals surface area contributed by atoms with Crippen molar-refractivity contribution in [3.05, 3.63) is 23.8 Å². The second kappa shape index (κ2) is 12.3. The highest BCUT2D eigenvalue weighted by molar-refractivity contribution is 5.25. The minimum atomic E-state index is -1.08. The molecule has 0 bridgehead atoms. The van der Waals surface area contributed by atoms with E-state index in [0.29, 0.717) is 23.2 Å². The van der Waals surface area contributed by atoms with Gasteiger partial charge in [0, 0.05) is 5.92 Å². The van der Waals surface area contributed by atoms with E-state index in [1.807, 2.05) is 6.92 Å². The van der Waals surface area contributed by atoms with Gasteiger partial charge in [-0.05, 0) is 110 Å². The van der Waals surface area contributed by atoms with Crippen LogP contribution in [0.15, 0.2) is 23.8 Å². The van der Waals surface area contributed by atoms with Gasteiger partial charge in [-0.15, -0.1) is 0 Å². The van der Waals surface area contributed by atoms with E-state index in [4.69, 9.17) is 9.47 Å². The Morgan fingerprint density at radius 3 is 2.46 bits per heavy atom. The van der Waals surface area contributed by atoms with Gasteiger partial charge < -0.3 is 24.8 Å². The number of ether oxygens (including phenoxy) is 2. The molecule has 1 saturated heterocycles. The maximum absolute atomic E-state index is 10.5. The number of rotatable bonds is 8. The Bertz CT molecular complexity index is 958. The summed E-state index contributed by atoms with van der Waals surface area (Å²) in [5, 5.41) is 30.4. The van der Waals surface area contributed by atoms with Crippen LogP contribution in [0.1, 0.15) is 106 Å². The maximum atomic E-state index is 10.5. The first-order chi connectivity index (χ1) is 19.4. The molecule has 5 aliphatic rings. The molecule has 3 saturated carbocycles. The second-order valence-corrected chi connectivity index (χ2v) is 15.6. The van der Waals surface area contributed by atoms with Crippen LogP contribution in [-0.2, 0) is 9.47 Å². The van der Waals surface area contributed by atoms with Crippen molar-refractivity contribution in [3.63, 3.8) is 0 Å². The molecular weight excluding hydrogens is 512 g/mol. The molecule has 0 aromatic carbocycles. The van der Waals surface area contributed by atoms with Gasteiger partial charge >= 0.3 is 0 Å². The summed E-state index contributed by atoms with van der Waals surface area (Å²) in [5.74, 6) is 4.91.